The highest BCUT2D eigenvalue weighted by Crippen LogP contribution is 2.13. The van der Waals surface area contributed by atoms with Crippen LogP contribution in [-0.2, 0) is 0 Å². The second-order valence-electron chi connectivity index (χ2n) is 3.74. The molecule has 0 fully saturated rings. The van der Waals surface area contributed by atoms with Crippen LogP contribution in [0.3, 0.4) is 0 Å². The number of aromatic amines is 1. The molecule has 0 unspecified atom stereocenters. The summed E-state index contributed by atoms with van der Waals surface area (Å²) >= 11 is 0. The second-order valence-corrected chi connectivity index (χ2v) is 3.74. The topological polar surface area (TPSA) is 54.5 Å². The Bertz CT molecular complexity index is 700. The number of aromatic nitrogens is 4. The van der Waals surface area contributed by atoms with E-state index in [1.807, 2.05) is 12.2 Å². The van der Waals surface area contributed by atoms with Crippen LogP contribution in [0.15, 0.2) is 36.9 Å². The normalized spacial score (nSPS) is 11.4. The molecule has 0 bridgehead atoms. The van der Waals surface area contributed by atoms with E-state index in [-0.39, 0.29) is 5.82 Å². The molecular formula is C13H9FN4. The first-order valence-corrected chi connectivity index (χ1v) is 5.41. The van der Waals surface area contributed by atoms with Crippen molar-refractivity contribution in [1.82, 2.24) is 19.9 Å². The number of imidazole rings is 1. The quantitative estimate of drug-likeness (QED) is 0.749. The summed E-state index contributed by atoms with van der Waals surface area (Å²) in [5, 5.41) is 0. The number of hydrogen-bond acceptors (Lipinski definition) is 3. The van der Waals surface area contributed by atoms with Crippen LogP contribution in [0.1, 0.15) is 11.3 Å². The molecule has 88 valence electrons. The molecule has 1 aromatic carbocycles. The van der Waals surface area contributed by atoms with Crippen LogP contribution in [0, 0.1) is 5.82 Å². The number of halogens is 1. The molecule has 0 aliphatic heterocycles. The first-order chi connectivity index (χ1) is 8.83. The Labute approximate surface area is 102 Å². The lowest BCUT2D eigenvalue weighted by atomic mass is 10.2. The summed E-state index contributed by atoms with van der Waals surface area (Å²) in [6.07, 6.45) is 6.75. The van der Waals surface area contributed by atoms with Gasteiger partial charge in [-0.2, -0.15) is 0 Å². The van der Waals surface area contributed by atoms with E-state index in [0.717, 1.165) is 16.8 Å². The molecular weight excluding hydrogens is 231 g/mol. The zero-order valence-electron chi connectivity index (χ0n) is 9.34. The van der Waals surface area contributed by atoms with E-state index in [4.69, 9.17) is 0 Å². The summed E-state index contributed by atoms with van der Waals surface area (Å²) in [5.41, 5.74) is 3.07. The van der Waals surface area contributed by atoms with Crippen molar-refractivity contribution in [2.45, 2.75) is 0 Å². The Hall–Kier alpha value is -2.56. The van der Waals surface area contributed by atoms with Crippen LogP contribution in [0.5, 0.6) is 0 Å². The minimum Gasteiger partial charge on any atom is -0.341 e. The van der Waals surface area contributed by atoms with E-state index >= 15 is 0 Å². The maximum Gasteiger partial charge on any atom is 0.181 e. The van der Waals surface area contributed by atoms with Crippen LogP contribution in [0.25, 0.3) is 23.3 Å². The van der Waals surface area contributed by atoms with Gasteiger partial charge in [-0.1, -0.05) is 18.2 Å². The van der Waals surface area contributed by atoms with Crippen molar-refractivity contribution in [3.8, 4) is 0 Å². The van der Waals surface area contributed by atoms with E-state index in [9.17, 15) is 4.39 Å². The highest BCUT2D eigenvalue weighted by molar-refractivity contribution is 5.83. The first-order valence-electron chi connectivity index (χ1n) is 5.41. The molecule has 5 heteroatoms. The van der Waals surface area contributed by atoms with Gasteiger partial charge in [-0.25, -0.2) is 19.3 Å². The van der Waals surface area contributed by atoms with Crippen LogP contribution in [-0.4, -0.2) is 19.9 Å². The predicted molar refractivity (Wildman–Crippen MR) is 67.0 cm³/mol. The van der Waals surface area contributed by atoms with Crippen LogP contribution in [0.2, 0.25) is 0 Å². The van der Waals surface area contributed by atoms with Gasteiger partial charge < -0.3 is 4.98 Å². The lowest BCUT2D eigenvalue weighted by molar-refractivity contribution is 0.628. The largest absolute Gasteiger partial charge is 0.341 e. The van der Waals surface area contributed by atoms with Gasteiger partial charge in [-0.15, -0.1) is 0 Å². The third-order valence-corrected chi connectivity index (χ3v) is 2.56. The molecule has 0 saturated heterocycles. The Morgan fingerprint density at radius 1 is 1.00 bits per heavy atom. The van der Waals surface area contributed by atoms with E-state index in [1.165, 1.54) is 18.5 Å². The third kappa shape index (κ3) is 1.98. The molecule has 0 aliphatic rings. The summed E-state index contributed by atoms with van der Waals surface area (Å²) in [6, 6.07) is 6.26. The van der Waals surface area contributed by atoms with Crippen LogP contribution < -0.4 is 0 Å². The maximum absolute atomic E-state index is 12.8. The Kier molecular flexibility index (Phi) is 2.57. The molecule has 2 aromatic heterocycles. The molecule has 0 atom stereocenters. The van der Waals surface area contributed by atoms with Crippen molar-refractivity contribution >= 4 is 23.3 Å². The number of benzene rings is 1. The monoisotopic (exact) mass is 240 g/mol. The number of hydrogen-bond donors (Lipinski definition) is 1. The van der Waals surface area contributed by atoms with Gasteiger partial charge in [-0.3, -0.25) is 0 Å². The van der Waals surface area contributed by atoms with Gasteiger partial charge in [0.25, 0.3) is 0 Å². The molecule has 18 heavy (non-hydrogen) atoms. The number of rotatable bonds is 2. The number of nitrogens with zero attached hydrogens (tertiary/aromatic N) is 3. The van der Waals surface area contributed by atoms with Crippen molar-refractivity contribution in [1.29, 1.82) is 0 Å². The molecule has 2 heterocycles. The fourth-order valence-electron chi connectivity index (χ4n) is 1.66. The van der Waals surface area contributed by atoms with Gasteiger partial charge >= 0.3 is 0 Å². The second kappa shape index (κ2) is 4.37. The average molecular weight is 240 g/mol. The SMILES string of the molecule is Fc1ccc(/C=C/c2ncnc3nc[nH]c23)cc1. The third-order valence-electron chi connectivity index (χ3n) is 2.56. The fourth-order valence-corrected chi connectivity index (χ4v) is 1.66. The molecule has 0 amide bonds. The molecule has 3 aromatic rings. The highest BCUT2D eigenvalue weighted by Gasteiger charge is 2.01. The highest BCUT2D eigenvalue weighted by atomic mass is 19.1. The minimum atomic E-state index is -0.245. The van der Waals surface area contributed by atoms with E-state index in [2.05, 4.69) is 19.9 Å². The first kappa shape index (κ1) is 10.6. The van der Waals surface area contributed by atoms with Crippen LogP contribution >= 0.6 is 0 Å². The number of nitrogens with one attached hydrogen (secondary N) is 1. The van der Waals surface area contributed by atoms with Gasteiger partial charge in [0.15, 0.2) is 5.65 Å². The standard InChI is InChI=1S/C13H9FN4/c14-10-4-1-9(2-5-10)3-6-11-12-13(17-7-15-11)18-8-16-12/h1-8H,(H,15,16,17,18)/b6-3+. The summed E-state index contributed by atoms with van der Waals surface area (Å²) in [5.74, 6) is -0.245. The predicted octanol–water partition coefficient (Wildman–Crippen LogP) is 2.66. The van der Waals surface area contributed by atoms with Gasteiger partial charge in [0.1, 0.15) is 17.7 Å². The Morgan fingerprint density at radius 2 is 1.83 bits per heavy atom. The average Bonchev–Trinajstić information content (AvgIpc) is 2.87. The minimum absolute atomic E-state index is 0.245. The van der Waals surface area contributed by atoms with Gasteiger partial charge in [-0.05, 0) is 23.8 Å². The lowest BCUT2D eigenvalue weighted by Crippen LogP contribution is -1.86. The van der Waals surface area contributed by atoms with E-state index < -0.39 is 0 Å². The zero-order chi connectivity index (χ0) is 12.4. The van der Waals surface area contributed by atoms with Crippen molar-refractivity contribution in [2.24, 2.45) is 0 Å². The number of fused-ring (bicyclic) bond motifs is 1. The van der Waals surface area contributed by atoms with Crippen molar-refractivity contribution < 1.29 is 4.39 Å². The van der Waals surface area contributed by atoms with E-state index in [1.54, 1.807) is 18.5 Å². The van der Waals surface area contributed by atoms with Crippen molar-refractivity contribution in [3.05, 3.63) is 54.0 Å². The molecule has 0 saturated carbocycles. The van der Waals surface area contributed by atoms with Gasteiger partial charge in [0.05, 0.1) is 12.0 Å². The van der Waals surface area contributed by atoms with Crippen LogP contribution in [0.4, 0.5) is 4.39 Å². The molecule has 4 nitrogen and oxygen atoms in total. The lowest BCUT2D eigenvalue weighted by Gasteiger charge is -1.95. The molecule has 0 aliphatic carbocycles. The smallest absolute Gasteiger partial charge is 0.181 e. The van der Waals surface area contributed by atoms with Crippen molar-refractivity contribution in [2.75, 3.05) is 0 Å². The molecule has 3 rings (SSSR count). The van der Waals surface area contributed by atoms with Gasteiger partial charge in [0, 0.05) is 0 Å². The Balaban J connectivity index is 1.96. The molecule has 0 spiro atoms. The fraction of sp³-hybridized carbons (Fsp3) is 0. The van der Waals surface area contributed by atoms with E-state index in [0.29, 0.717) is 5.65 Å². The zero-order valence-corrected chi connectivity index (χ0v) is 9.34. The molecule has 0 radical (unpaired) electrons. The van der Waals surface area contributed by atoms with Gasteiger partial charge in [0.2, 0.25) is 0 Å². The summed E-state index contributed by atoms with van der Waals surface area (Å²) < 4.78 is 12.8. The maximum atomic E-state index is 12.8. The summed E-state index contributed by atoms with van der Waals surface area (Å²) in [6.45, 7) is 0. The number of H-pyrrole nitrogens is 1. The van der Waals surface area contributed by atoms with Crippen molar-refractivity contribution in [3.63, 3.8) is 0 Å². The Morgan fingerprint density at radius 3 is 2.67 bits per heavy atom. The summed E-state index contributed by atoms with van der Waals surface area (Å²) in [7, 11) is 0. The molecule has 1 N–H and O–H groups in total. The summed E-state index contributed by atoms with van der Waals surface area (Å²) in [4.78, 5) is 15.2.